The molecule has 1 aliphatic carbocycles. The average Bonchev–Trinajstić information content (AvgIpc) is 3.27. The molecule has 8 heteroatoms. The van der Waals surface area contributed by atoms with E-state index in [9.17, 15) is 9.59 Å². The number of carbonyl (C=O) groups is 1. The van der Waals surface area contributed by atoms with Crippen molar-refractivity contribution in [3.05, 3.63) is 50.6 Å². The zero-order valence-electron chi connectivity index (χ0n) is 15.5. The minimum absolute atomic E-state index is 0.0469. The maximum Gasteiger partial charge on any atom is 0.262 e. The number of hydrogen-bond donors (Lipinski definition) is 1. The fourth-order valence-corrected chi connectivity index (χ4v) is 5.52. The molecule has 4 rings (SSSR count). The van der Waals surface area contributed by atoms with Gasteiger partial charge in [0.05, 0.1) is 21.9 Å². The fourth-order valence-electron chi connectivity index (χ4n) is 3.35. The summed E-state index contributed by atoms with van der Waals surface area (Å²) in [4.78, 5) is 32.2. The molecular weight excluding hydrogens is 392 g/mol. The number of anilines is 1. The number of carbonyl (C=O) groups excluding carboxylic acids is 1. The van der Waals surface area contributed by atoms with Crippen LogP contribution in [-0.2, 0) is 24.7 Å². The molecule has 0 saturated heterocycles. The van der Waals surface area contributed by atoms with E-state index in [1.54, 1.807) is 49.6 Å². The first kappa shape index (κ1) is 18.7. The summed E-state index contributed by atoms with van der Waals surface area (Å²) in [5.74, 6) is -0.240. The van der Waals surface area contributed by atoms with E-state index in [0.717, 1.165) is 35.0 Å². The van der Waals surface area contributed by atoms with Crippen molar-refractivity contribution < 1.29 is 4.79 Å². The lowest BCUT2D eigenvalue weighted by atomic mass is 10.2. The quantitative estimate of drug-likeness (QED) is 0.526. The van der Waals surface area contributed by atoms with Crippen molar-refractivity contribution in [3.63, 3.8) is 0 Å². The van der Waals surface area contributed by atoms with Crippen molar-refractivity contribution in [2.45, 2.75) is 36.6 Å². The van der Waals surface area contributed by atoms with Crippen molar-refractivity contribution >= 4 is 44.9 Å². The van der Waals surface area contributed by atoms with Gasteiger partial charge in [-0.3, -0.25) is 14.2 Å². The molecule has 1 atom stereocenters. The molecule has 0 bridgehead atoms. The van der Waals surface area contributed by atoms with Crippen LogP contribution in [0.2, 0.25) is 0 Å². The highest BCUT2D eigenvalue weighted by atomic mass is 32.2. The topological polar surface area (TPSA) is 87.8 Å². The number of fused-ring (bicyclic) bond motifs is 3. The number of nitrogens with zero attached hydrogens (tertiary/aromatic N) is 3. The van der Waals surface area contributed by atoms with Crippen LogP contribution < -0.4 is 10.9 Å². The lowest BCUT2D eigenvalue weighted by Gasteiger charge is -2.14. The first-order valence-corrected chi connectivity index (χ1v) is 10.7. The van der Waals surface area contributed by atoms with Crippen molar-refractivity contribution in [2.24, 2.45) is 7.05 Å². The minimum Gasteiger partial charge on any atom is -0.324 e. The summed E-state index contributed by atoms with van der Waals surface area (Å²) in [6, 6.07) is 8.93. The van der Waals surface area contributed by atoms with E-state index in [-0.39, 0.29) is 11.5 Å². The number of thiophene rings is 1. The first-order chi connectivity index (χ1) is 13.5. The van der Waals surface area contributed by atoms with E-state index in [4.69, 9.17) is 5.26 Å². The van der Waals surface area contributed by atoms with E-state index in [1.165, 1.54) is 21.2 Å². The monoisotopic (exact) mass is 410 g/mol. The van der Waals surface area contributed by atoms with Gasteiger partial charge in [-0.25, -0.2) is 4.98 Å². The van der Waals surface area contributed by atoms with Gasteiger partial charge < -0.3 is 5.32 Å². The molecular formula is C20H18N4O2S2. The Hall–Kier alpha value is -2.63. The molecule has 0 saturated carbocycles. The predicted molar refractivity (Wildman–Crippen MR) is 112 cm³/mol. The van der Waals surface area contributed by atoms with Crippen LogP contribution in [0.4, 0.5) is 5.69 Å². The molecule has 2 heterocycles. The lowest BCUT2D eigenvalue weighted by Crippen LogP contribution is -2.25. The molecule has 6 nitrogen and oxygen atoms in total. The molecule has 0 aliphatic heterocycles. The summed E-state index contributed by atoms with van der Waals surface area (Å²) in [5.41, 5.74) is 2.00. The third kappa shape index (κ3) is 3.21. The largest absolute Gasteiger partial charge is 0.324 e. The Bertz CT molecular complexity index is 1190. The zero-order chi connectivity index (χ0) is 19.8. The summed E-state index contributed by atoms with van der Waals surface area (Å²) in [6.45, 7) is 1.76. The molecule has 142 valence electrons. The van der Waals surface area contributed by atoms with Gasteiger partial charge in [0.15, 0.2) is 5.16 Å². The number of hydrogen-bond acceptors (Lipinski definition) is 6. The van der Waals surface area contributed by atoms with Gasteiger partial charge in [0.1, 0.15) is 10.9 Å². The number of nitrogens with one attached hydrogen (secondary N) is 1. The third-order valence-corrected chi connectivity index (χ3v) is 7.19. The van der Waals surface area contributed by atoms with Crippen LogP contribution in [0.25, 0.3) is 10.2 Å². The van der Waals surface area contributed by atoms with Gasteiger partial charge in [-0.1, -0.05) is 23.9 Å². The summed E-state index contributed by atoms with van der Waals surface area (Å²) < 4.78 is 1.53. The summed E-state index contributed by atoms with van der Waals surface area (Å²) >= 11 is 2.84. The second-order valence-corrected chi connectivity index (χ2v) is 9.09. The zero-order valence-corrected chi connectivity index (χ0v) is 17.1. The lowest BCUT2D eigenvalue weighted by molar-refractivity contribution is -0.115. The van der Waals surface area contributed by atoms with Crippen molar-refractivity contribution in [3.8, 4) is 6.07 Å². The van der Waals surface area contributed by atoms with E-state index in [2.05, 4.69) is 16.4 Å². The van der Waals surface area contributed by atoms with Gasteiger partial charge in [0.25, 0.3) is 5.56 Å². The van der Waals surface area contributed by atoms with Crippen LogP contribution in [0, 0.1) is 11.3 Å². The van der Waals surface area contributed by atoms with E-state index in [0.29, 0.717) is 16.4 Å². The molecule has 0 fully saturated rings. The Balaban J connectivity index is 1.59. The van der Waals surface area contributed by atoms with E-state index < -0.39 is 5.25 Å². The molecule has 3 aromatic rings. The summed E-state index contributed by atoms with van der Waals surface area (Å²) in [6.07, 6.45) is 3.05. The standard InChI is InChI=1S/C20H18N4O2S2/c1-11(17(25)22-14-8-4-3-6-12(14)10-21)27-20-23-18-16(19(26)24(20)2)13-7-5-9-15(13)28-18/h3-4,6,8,11H,5,7,9H2,1-2H3,(H,22,25)/t11-/m0/s1. The molecule has 1 aliphatic rings. The van der Waals surface area contributed by atoms with Crippen LogP contribution in [0.15, 0.2) is 34.2 Å². The van der Waals surface area contributed by atoms with E-state index in [1.807, 2.05) is 0 Å². The number of amides is 1. The second-order valence-electron chi connectivity index (χ2n) is 6.70. The van der Waals surface area contributed by atoms with Crippen LogP contribution >= 0.6 is 23.1 Å². The Morgan fingerprint density at radius 2 is 2.18 bits per heavy atom. The normalized spacial score (nSPS) is 13.9. The molecule has 1 aromatic carbocycles. The Morgan fingerprint density at radius 3 is 2.96 bits per heavy atom. The summed E-state index contributed by atoms with van der Waals surface area (Å²) in [7, 11) is 1.70. The third-order valence-electron chi connectivity index (χ3n) is 4.86. The highest BCUT2D eigenvalue weighted by Gasteiger charge is 2.24. The minimum atomic E-state index is -0.478. The molecule has 28 heavy (non-hydrogen) atoms. The van der Waals surface area contributed by atoms with Crippen LogP contribution in [0.5, 0.6) is 0 Å². The molecule has 1 amide bonds. The van der Waals surface area contributed by atoms with Gasteiger partial charge >= 0.3 is 0 Å². The maximum atomic E-state index is 12.9. The fraction of sp³-hybridized carbons (Fsp3) is 0.300. The van der Waals surface area contributed by atoms with Gasteiger partial charge in [-0.15, -0.1) is 11.3 Å². The number of rotatable bonds is 4. The average molecular weight is 411 g/mol. The van der Waals surface area contributed by atoms with Crippen molar-refractivity contribution in [1.29, 1.82) is 5.26 Å². The van der Waals surface area contributed by atoms with Crippen molar-refractivity contribution in [2.75, 3.05) is 5.32 Å². The number of para-hydroxylation sites is 1. The number of benzene rings is 1. The summed E-state index contributed by atoms with van der Waals surface area (Å²) in [5, 5.41) is 12.7. The highest BCUT2D eigenvalue weighted by Crippen LogP contribution is 2.35. The first-order valence-electron chi connectivity index (χ1n) is 8.97. The van der Waals surface area contributed by atoms with E-state index >= 15 is 0 Å². The Kier molecular flexibility index (Phi) is 4.96. The number of aromatic nitrogens is 2. The molecule has 0 unspecified atom stereocenters. The second kappa shape index (κ2) is 7.41. The maximum absolute atomic E-state index is 12.9. The van der Waals surface area contributed by atoms with Gasteiger partial charge in [-0.05, 0) is 43.9 Å². The van der Waals surface area contributed by atoms with Gasteiger partial charge in [0, 0.05) is 11.9 Å². The molecule has 1 N–H and O–H groups in total. The predicted octanol–water partition coefficient (Wildman–Crippen LogP) is 3.47. The van der Waals surface area contributed by atoms with Crippen LogP contribution in [0.1, 0.15) is 29.3 Å². The van der Waals surface area contributed by atoms with Crippen LogP contribution in [-0.4, -0.2) is 20.7 Å². The van der Waals surface area contributed by atoms with Crippen LogP contribution in [0.3, 0.4) is 0 Å². The number of aryl methyl sites for hydroxylation is 2. The van der Waals surface area contributed by atoms with Gasteiger partial charge in [0.2, 0.25) is 5.91 Å². The van der Waals surface area contributed by atoms with Gasteiger partial charge in [-0.2, -0.15) is 5.26 Å². The smallest absolute Gasteiger partial charge is 0.262 e. The molecule has 2 aromatic heterocycles. The number of thioether (sulfide) groups is 1. The number of nitriles is 1. The Morgan fingerprint density at radius 1 is 1.39 bits per heavy atom. The Labute approximate surface area is 170 Å². The van der Waals surface area contributed by atoms with Crippen molar-refractivity contribution in [1.82, 2.24) is 9.55 Å². The highest BCUT2D eigenvalue weighted by molar-refractivity contribution is 8.00. The molecule has 0 spiro atoms. The molecule has 0 radical (unpaired) electrons. The SMILES string of the molecule is C[C@H](Sc1nc2sc3c(c2c(=O)n1C)CCC3)C(=O)Nc1ccccc1C#N.